The van der Waals surface area contributed by atoms with E-state index in [-0.39, 0.29) is 5.78 Å². The van der Waals surface area contributed by atoms with Crippen molar-refractivity contribution in [2.75, 3.05) is 0 Å². The van der Waals surface area contributed by atoms with E-state index in [1.54, 1.807) is 12.5 Å². The summed E-state index contributed by atoms with van der Waals surface area (Å²) in [6.07, 6.45) is 5.88. The van der Waals surface area contributed by atoms with Crippen molar-refractivity contribution in [3.63, 3.8) is 0 Å². The van der Waals surface area contributed by atoms with Crippen molar-refractivity contribution < 1.29 is 4.79 Å². The molecule has 0 fully saturated rings. The molecule has 0 unspecified atom stereocenters. The van der Waals surface area contributed by atoms with Crippen molar-refractivity contribution in [3.8, 4) is 0 Å². The van der Waals surface area contributed by atoms with Gasteiger partial charge < -0.3 is 0 Å². The third-order valence-electron chi connectivity index (χ3n) is 1.64. The van der Waals surface area contributed by atoms with Gasteiger partial charge in [-0.1, -0.05) is 43.3 Å². The van der Waals surface area contributed by atoms with E-state index in [0.29, 0.717) is 0 Å². The second kappa shape index (κ2) is 5.31. The molecule has 1 nitrogen and oxygen atoms in total. The van der Waals surface area contributed by atoms with Crippen molar-refractivity contribution in [2.24, 2.45) is 0 Å². The van der Waals surface area contributed by atoms with E-state index in [1.165, 1.54) is 0 Å². The van der Waals surface area contributed by atoms with E-state index in [9.17, 15) is 4.79 Å². The van der Waals surface area contributed by atoms with Crippen LogP contribution >= 0.6 is 0 Å². The summed E-state index contributed by atoms with van der Waals surface area (Å²) >= 11 is 0. The standard InChI is InChI=1S/C12H13O/c1-2-6-12(13)10-9-11-7-4-3-5-8-11/h3-10H,2H2,1H3/b10-9+. The van der Waals surface area contributed by atoms with Gasteiger partial charge in [-0.3, -0.25) is 4.79 Å². The quantitative estimate of drug-likeness (QED) is 0.640. The lowest BCUT2D eigenvalue weighted by Gasteiger charge is -1.91. The summed E-state index contributed by atoms with van der Waals surface area (Å²) in [6.45, 7) is 1.95. The number of rotatable bonds is 4. The molecule has 1 aromatic rings. The molecule has 1 rings (SSSR count). The van der Waals surface area contributed by atoms with Gasteiger partial charge in [-0.25, -0.2) is 0 Å². The maximum Gasteiger partial charge on any atom is 0.159 e. The van der Waals surface area contributed by atoms with E-state index in [4.69, 9.17) is 0 Å². The van der Waals surface area contributed by atoms with Gasteiger partial charge >= 0.3 is 0 Å². The van der Waals surface area contributed by atoms with Crippen LogP contribution in [-0.4, -0.2) is 5.78 Å². The number of carbonyl (C=O) groups is 1. The molecule has 1 radical (unpaired) electrons. The largest absolute Gasteiger partial charge is 0.295 e. The van der Waals surface area contributed by atoms with Crippen LogP contribution in [0.3, 0.4) is 0 Å². The molecule has 0 aromatic heterocycles. The number of carbonyl (C=O) groups excluding carboxylic acids is 1. The first-order valence-electron chi connectivity index (χ1n) is 4.43. The molecule has 0 spiro atoms. The SMILES string of the molecule is CC[CH]C(=O)/C=C/c1ccccc1. The molecule has 0 N–H and O–H groups in total. The second-order valence-corrected chi connectivity index (χ2v) is 2.76. The molecule has 1 heteroatoms. The summed E-state index contributed by atoms with van der Waals surface area (Å²) in [5.74, 6) is 0.0753. The summed E-state index contributed by atoms with van der Waals surface area (Å²) in [6, 6.07) is 9.80. The van der Waals surface area contributed by atoms with Crippen LogP contribution < -0.4 is 0 Å². The van der Waals surface area contributed by atoms with Crippen molar-refractivity contribution in [2.45, 2.75) is 13.3 Å². The summed E-state index contributed by atoms with van der Waals surface area (Å²) in [4.78, 5) is 11.1. The second-order valence-electron chi connectivity index (χ2n) is 2.76. The average Bonchev–Trinajstić information content (AvgIpc) is 2.17. The Bertz CT molecular complexity index is 285. The van der Waals surface area contributed by atoms with E-state index >= 15 is 0 Å². The fourth-order valence-electron chi connectivity index (χ4n) is 1.01. The molecule has 13 heavy (non-hydrogen) atoms. The third kappa shape index (κ3) is 3.70. The van der Waals surface area contributed by atoms with Gasteiger partial charge in [0, 0.05) is 6.42 Å². The molecule has 0 heterocycles. The zero-order valence-corrected chi connectivity index (χ0v) is 7.73. The Morgan fingerprint density at radius 2 is 2.00 bits per heavy atom. The number of ketones is 1. The molecular weight excluding hydrogens is 160 g/mol. The Morgan fingerprint density at radius 3 is 2.62 bits per heavy atom. The third-order valence-corrected chi connectivity index (χ3v) is 1.64. The van der Waals surface area contributed by atoms with Gasteiger partial charge in [-0.15, -0.1) is 0 Å². The maximum atomic E-state index is 11.1. The highest BCUT2D eigenvalue weighted by molar-refractivity contribution is 5.99. The van der Waals surface area contributed by atoms with E-state index in [2.05, 4.69) is 0 Å². The predicted octanol–water partition coefficient (Wildman–Crippen LogP) is 2.88. The Morgan fingerprint density at radius 1 is 1.31 bits per heavy atom. The van der Waals surface area contributed by atoms with Gasteiger partial charge in [0.2, 0.25) is 0 Å². The maximum absolute atomic E-state index is 11.1. The molecule has 0 saturated carbocycles. The molecule has 0 bridgehead atoms. The Balaban J connectivity index is 2.54. The highest BCUT2D eigenvalue weighted by Crippen LogP contribution is 2.01. The van der Waals surface area contributed by atoms with Crippen LogP contribution in [0.25, 0.3) is 6.08 Å². The number of benzene rings is 1. The number of allylic oxidation sites excluding steroid dienone is 1. The van der Waals surface area contributed by atoms with Crippen molar-refractivity contribution >= 4 is 11.9 Å². The summed E-state index contributed by atoms with van der Waals surface area (Å²) in [5.41, 5.74) is 1.06. The van der Waals surface area contributed by atoms with E-state index < -0.39 is 0 Å². The van der Waals surface area contributed by atoms with Gasteiger partial charge in [-0.2, -0.15) is 0 Å². The molecule has 0 atom stereocenters. The van der Waals surface area contributed by atoms with Gasteiger partial charge in [0.15, 0.2) is 5.78 Å². The van der Waals surface area contributed by atoms with Gasteiger partial charge in [0.1, 0.15) is 0 Å². The normalized spacial score (nSPS) is 10.5. The highest BCUT2D eigenvalue weighted by atomic mass is 16.1. The lowest BCUT2D eigenvalue weighted by atomic mass is 10.1. The minimum Gasteiger partial charge on any atom is -0.295 e. The minimum absolute atomic E-state index is 0.0753. The number of hydrogen-bond donors (Lipinski definition) is 0. The molecule has 0 aliphatic heterocycles. The monoisotopic (exact) mass is 173 g/mol. The summed E-state index contributed by atoms with van der Waals surface area (Å²) in [5, 5.41) is 0. The highest BCUT2D eigenvalue weighted by Gasteiger charge is 1.92. The van der Waals surface area contributed by atoms with Gasteiger partial charge in [0.05, 0.1) is 0 Å². The van der Waals surface area contributed by atoms with Crippen molar-refractivity contribution in [1.82, 2.24) is 0 Å². The van der Waals surface area contributed by atoms with Gasteiger partial charge in [-0.05, 0) is 18.1 Å². The Labute approximate surface area is 79.1 Å². The predicted molar refractivity (Wildman–Crippen MR) is 55.1 cm³/mol. The van der Waals surface area contributed by atoms with Crippen LogP contribution in [0.5, 0.6) is 0 Å². The van der Waals surface area contributed by atoms with Crippen LogP contribution in [0, 0.1) is 6.42 Å². The van der Waals surface area contributed by atoms with Crippen LogP contribution in [0.2, 0.25) is 0 Å². The first-order chi connectivity index (χ1) is 6.33. The minimum atomic E-state index is 0.0753. The molecule has 67 valence electrons. The zero-order valence-electron chi connectivity index (χ0n) is 7.73. The number of hydrogen-bond acceptors (Lipinski definition) is 1. The first-order valence-corrected chi connectivity index (χ1v) is 4.43. The fraction of sp³-hybridized carbons (Fsp3) is 0.167. The lowest BCUT2D eigenvalue weighted by Crippen LogP contribution is -1.90. The van der Waals surface area contributed by atoms with Crippen LogP contribution in [0.1, 0.15) is 18.9 Å². The van der Waals surface area contributed by atoms with E-state index in [0.717, 1.165) is 12.0 Å². The molecule has 0 amide bonds. The van der Waals surface area contributed by atoms with Crippen LogP contribution in [0.15, 0.2) is 36.4 Å². The molecule has 0 aliphatic rings. The smallest absolute Gasteiger partial charge is 0.159 e. The average molecular weight is 173 g/mol. The fourth-order valence-corrected chi connectivity index (χ4v) is 1.01. The lowest BCUT2D eigenvalue weighted by molar-refractivity contribution is -0.111. The first kappa shape index (κ1) is 9.72. The van der Waals surface area contributed by atoms with Crippen LogP contribution in [-0.2, 0) is 4.79 Å². The molecular formula is C12H13O. The van der Waals surface area contributed by atoms with Crippen molar-refractivity contribution in [3.05, 3.63) is 48.4 Å². The molecule has 0 aliphatic carbocycles. The summed E-state index contributed by atoms with van der Waals surface area (Å²) in [7, 11) is 0. The van der Waals surface area contributed by atoms with Gasteiger partial charge in [0.25, 0.3) is 0 Å². The summed E-state index contributed by atoms with van der Waals surface area (Å²) < 4.78 is 0. The Hall–Kier alpha value is -1.37. The Kier molecular flexibility index (Phi) is 3.97. The zero-order chi connectivity index (χ0) is 9.52. The topological polar surface area (TPSA) is 17.1 Å². The van der Waals surface area contributed by atoms with Crippen LogP contribution in [0.4, 0.5) is 0 Å². The molecule has 1 aromatic carbocycles. The molecule has 0 saturated heterocycles. The van der Waals surface area contributed by atoms with Crippen molar-refractivity contribution in [1.29, 1.82) is 0 Å². The van der Waals surface area contributed by atoms with E-state index in [1.807, 2.05) is 43.3 Å².